The number of esters is 2. The lowest BCUT2D eigenvalue weighted by atomic mass is 9.77. The standard InChI is InChI=1S/C24H42O4/c1-3-27-23(25)17-21-13-9-19(10-14-21)7-5-6-8-20-11-15-22(16-12-20)18-24(26)28-4-2/h19-22H,3-18H2,1-2H3. The van der Waals surface area contributed by atoms with Crippen LogP contribution in [0.5, 0.6) is 0 Å². The number of carbonyl (C=O) groups excluding carboxylic acids is 2. The van der Waals surface area contributed by atoms with Crippen LogP contribution in [-0.4, -0.2) is 25.2 Å². The third kappa shape index (κ3) is 8.96. The minimum absolute atomic E-state index is 0.0112. The highest BCUT2D eigenvalue weighted by Crippen LogP contribution is 2.36. The fourth-order valence-electron chi connectivity index (χ4n) is 5.23. The summed E-state index contributed by atoms with van der Waals surface area (Å²) in [5, 5.41) is 0. The molecule has 0 saturated heterocycles. The molecule has 0 bridgehead atoms. The van der Waals surface area contributed by atoms with Crippen LogP contribution < -0.4 is 0 Å². The van der Waals surface area contributed by atoms with Crippen LogP contribution in [0.3, 0.4) is 0 Å². The molecule has 0 N–H and O–H groups in total. The molecule has 28 heavy (non-hydrogen) atoms. The van der Waals surface area contributed by atoms with Crippen LogP contribution >= 0.6 is 0 Å². The average molecular weight is 395 g/mol. The first-order valence-corrected chi connectivity index (χ1v) is 11.9. The Morgan fingerprint density at radius 2 is 0.929 bits per heavy atom. The topological polar surface area (TPSA) is 52.6 Å². The van der Waals surface area contributed by atoms with Crippen molar-refractivity contribution in [2.75, 3.05) is 13.2 Å². The molecule has 2 aliphatic rings. The number of rotatable bonds is 11. The quantitative estimate of drug-likeness (QED) is 0.315. The lowest BCUT2D eigenvalue weighted by Crippen LogP contribution is -2.19. The van der Waals surface area contributed by atoms with Gasteiger partial charge in [-0.1, -0.05) is 51.4 Å². The fourth-order valence-corrected chi connectivity index (χ4v) is 5.23. The van der Waals surface area contributed by atoms with Gasteiger partial charge in [-0.05, 0) is 63.2 Å². The Hall–Kier alpha value is -1.06. The summed E-state index contributed by atoms with van der Waals surface area (Å²) in [4.78, 5) is 23.2. The van der Waals surface area contributed by atoms with E-state index < -0.39 is 0 Å². The van der Waals surface area contributed by atoms with Gasteiger partial charge in [0.2, 0.25) is 0 Å². The Morgan fingerprint density at radius 3 is 1.25 bits per heavy atom. The molecule has 4 heteroatoms. The zero-order chi connectivity index (χ0) is 20.2. The van der Waals surface area contributed by atoms with Crippen molar-refractivity contribution in [1.29, 1.82) is 0 Å². The largest absolute Gasteiger partial charge is 0.466 e. The maximum absolute atomic E-state index is 11.6. The van der Waals surface area contributed by atoms with Crippen LogP contribution in [0.15, 0.2) is 0 Å². The van der Waals surface area contributed by atoms with Crippen molar-refractivity contribution in [2.24, 2.45) is 23.7 Å². The molecule has 2 rings (SSSR count). The monoisotopic (exact) mass is 394 g/mol. The highest BCUT2D eigenvalue weighted by atomic mass is 16.5. The van der Waals surface area contributed by atoms with Gasteiger partial charge in [-0.25, -0.2) is 0 Å². The SMILES string of the molecule is CCOC(=O)CC1CCC(CCCCC2CCC(CC(=O)OCC)CC2)CC1. The second kappa shape index (κ2) is 13.2. The van der Waals surface area contributed by atoms with Gasteiger partial charge in [0, 0.05) is 12.8 Å². The van der Waals surface area contributed by atoms with Crippen molar-refractivity contribution >= 4 is 11.9 Å². The van der Waals surface area contributed by atoms with Gasteiger partial charge < -0.3 is 9.47 Å². The van der Waals surface area contributed by atoms with Gasteiger partial charge in [-0.15, -0.1) is 0 Å². The maximum Gasteiger partial charge on any atom is 0.306 e. The van der Waals surface area contributed by atoms with E-state index in [0.29, 0.717) is 37.9 Å². The van der Waals surface area contributed by atoms with Crippen LogP contribution in [-0.2, 0) is 19.1 Å². The first-order valence-electron chi connectivity index (χ1n) is 11.9. The van der Waals surface area contributed by atoms with Crippen LogP contribution in [0.2, 0.25) is 0 Å². The van der Waals surface area contributed by atoms with E-state index in [2.05, 4.69) is 0 Å². The van der Waals surface area contributed by atoms with Crippen molar-refractivity contribution in [1.82, 2.24) is 0 Å². The predicted molar refractivity (Wildman–Crippen MR) is 112 cm³/mol. The molecule has 0 amide bonds. The summed E-state index contributed by atoms with van der Waals surface area (Å²) in [6, 6.07) is 0. The van der Waals surface area contributed by atoms with Crippen molar-refractivity contribution in [3.8, 4) is 0 Å². The van der Waals surface area contributed by atoms with Crippen molar-refractivity contribution < 1.29 is 19.1 Å². The van der Waals surface area contributed by atoms with E-state index in [4.69, 9.17) is 9.47 Å². The predicted octanol–water partition coefficient (Wildman–Crippen LogP) is 6.07. The van der Waals surface area contributed by atoms with Crippen molar-refractivity contribution in [3.05, 3.63) is 0 Å². The number of hydrogen-bond donors (Lipinski definition) is 0. The second-order valence-corrected chi connectivity index (χ2v) is 9.08. The van der Waals surface area contributed by atoms with E-state index in [9.17, 15) is 9.59 Å². The molecule has 0 aromatic heterocycles. The van der Waals surface area contributed by atoms with Gasteiger partial charge in [0.15, 0.2) is 0 Å². The summed E-state index contributed by atoms with van der Waals surface area (Å²) >= 11 is 0. The number of unbranched alkanes of at least 4 members (excludes halogenated alkanes) is 1. The summed E-state index contributed by atoms with van der Waals surface area (Å²) in [6.07, 6.45) is 16.7. The van der Waals surface area contributed by atoms with E-state index in [1.54, 1.807) is 0 Å². The summed E-state index contributed by atoms with van der Waals surface area (Å²) < 4.78 is 10.2. The zero-order valence-electron chi connectivity index (χ0n) is 18.3. The molecule has 4 nitrogen and oxygen atoms in total. The van der Waals surface area contributed by atoms with Crippen LogP contribution in [0.4, 0.5) is 0 Å². The second-order valence-electron chi connectivity index (χ2n) is 9.08. The van der Waals surface area contributed by atoms with E-state index >= 15 is 0 Å². The molecule has 0 aromatic carbocycles. The summed E-state index contributed by atoms with van der Waals surface area (Å²) in [5.74, 6) is 2.84. The molecule has 2 saturated carbocycles. The molecular weight excluding hydrogens is 352 g/mol. The van der Waals surface area contributed by atoms with Crippen LogP contribution in [0.1, 0.15) is 104 Å². The highest BCUT2D eigenvalue weighted by Gasteiger charge is 2.25. The lowest BCUT2D eigenvalue weighted by Gasteiger charge is -2.29. The van der Waals surface area contributed by atoms with Crippen molar-refractivity contribution in [2.45, 2.75) is 104 Å². The highest BCUT2D eigenvalue weighted by molar-refractivity contribution is 5.69. The molecule has 0 aliphatic heterocycles. The smallest absolute Gasteiger partial charge is 0.306 e. The molecule has 2 aliphatic carbocycles. The number of carbonyl (C=O) groups is 2. The molecule has 0 spiro atoms. The van der Waals surface area contributed by atoms with Gasteiger partial charge in [-0.3, -0.25) is 9.59 Å². The van der Waals surface area contributed by atoms with E-state index in [1.165, 1.54) is 77.0 Å². The minimum atomic E-state index is -0.0112. The van der Waals surface area contributed by atoms with Gasteiger partial charge in [-0.2, -0.15) is 0 Å². The lowest BCUT2D eigenvalue weighted by molar-refractivity contribution is -0.145. The van der Waals surface area contributed by atoms with Gasteiger partial charge in [0.1, 0.15) is 0 Å². The molecule has 2 fully saturated rings. The van der Waals surface area contributed by atoms with Gasteiger partial charge in [0.25, 0.3) is 0 Å². The van der Waals surface area contributed by atoms with Crippen LogP contribution in [0.25, 0.3) is 0 Å². The van der Waals surface area contributed by atoms with E-state index in [0.717, 1.165) is 11.8 Å². The average Bonchev–Trinajstić information content (AvgIpc) is 2.68. The van der Waals surface area contributed by atoms with E-state index in [-0.39, 0.29) is 11.9 Å². The summed E-state index contributed by atoms with van der Waals surface area (Å²) in [5.41, 5.74) is 0. The molecule has 0 heterocycles. The molecule has 0 atom stereocenters. The number of hydrogen-bond acceptors (Lipinski definition) is 4. The first kappa shape index (κ1) is 23.2. The Kier molecular flexibility index (Phi) is 11.0. The number of ether oxygens (including phenoxy) is 2. The van der Waals surface area contributed by atoms with Gasteiger partial charge >= 0.3 is 11.9 Å². The molecular formula is C24H42O4. The summed E-state index contributed by atoms with van der Waals surface area (Å²) in [7, 11) is 0. The molecule has 0 unspecified atom stereocenters. The fraction of sp³-hybridized carbons (Fsp3) is 0.917. The Labute approximate surface area is 172 Å². The van der Waals surface area contributed by atoms with E-state index in [1.807, 2.05) is 13.8 Å². The van der Waals surface area contributed by atoms with Gasteiger partial charge in [0.05, 0.1) is 13.2 Å². The third-order valence-corrected chi connectivity index (χ3v) is 6.93. The first-order chi connectivity index (χ1) is 13.6. The normalized spacial score (nSPS) is 27.9. The Bertz CT molecular complexity index is 404. The minimum Gasteiger partial charge on any atom is -0.466 e. The molecule has 162 valence electrons. The zero-order valence-corrected chi connectivity index (χ0v) is 18.3. The molecule has 0 radical (unpaired) electrons. The third-order valence-electron chi connectivity index (χ3n) is 6.93. The van der Waals surface area contributed by atoms with Crippen LogP contribution in [0, 0.1) is 23.7 Å². The summed E-state index contributed by atoms with van der Waals surface area (Å²) in [6.45, 7) is 4.76. The van der Waals surface area contributed by atoms with Crippen molar-refractivity contribution in [3.63, 3.8) is 0 Å². The Morgan fingerprint density at radius 1 is 0.607 bits per heavy atom. The molecule has 0 aromatic rings. The Balaban J connectivity index is 1.48. The maximum atomic E-state index is 11.6.